The normalized spacial score (nSPS) is 9.93. The summed E-state index contributed by atoms with van der Waals surface area (Å²) in [5.41, 5.74) is 1.27. The highest BCUT2D eigenvalue weighted by Gasteiger charge is 2.07. The van der Waals surface area contributed by atoms with E-state index in [-0.39, 0.29) is 12.2 Å². The first-order valence-corrected chi connectivity index (χ1v) is 4.89. The summed E-state index contributed by atoms with van der Waals surface area (Å²) in [6, 6.07) is 5.08. The minimum absolute atomic E-state index is 0.0193. The third-order valence-electron chi connectivity index (χ3n) is 1.83. The molecule has 3 heteroatoms. The number of ketones is 1. The second-order valence-corrected chi connectivity index (χ2v) is 3.96. The lowest BCUT2D eigenvalue weighted by molar-refractivity contribution is -0.114. The van der Waals surface area contributed by atoms with E-state index in [9.17, 15) is 4.79 Å². The lowest BCUT2D eigenvalue weighted by atomic mass is 10.1. The van der Waals surface area contributed by atoms with Crippen LogP contribution >= 0.6 is 23.2 Å². The van der Waals surface area contributed by atoms with Crippen molar-refractivity contribution in [1.29, 1.82) is 0 Å². The van der Waals surface area contributed by atoms with E-state index in [2.05, 4.69) is 6.58 Å². The summed E-state index contributed by atoms with van der Waals surface area (Å²) in [4.78, 5) is 11.4. The van der Waals surface area contributed by atoms with E-state index >= 15 is 0 Å². The van der Waals surface area contributed by atoms with Gasteiger partial charge in [-0.15, -0.1) is 0 Å². The third kappa shape index (κ3) is 2.86. The van der Waals surface area contributed by atoms with Gasteiger partial charge >= 0.3 is 0 Å². The number of hydrogen-bond acceptors (Lipinski definition) is 1. The zero-order chi connectivity index (χ0) is 10.7. The monoisotopic (exact) mass is 228 g/mol. The molecule has 0 spiro atoms. The number of allylic oxidation sites excluding steroid dienone is 1. The number of halogens is 2. The summed E-state index contributed by atoms with van der Waals surface area (Å²) in [6.07, 6.45) is 0.259. The molecule has 0 aliphatic rings. The Morgan fingerprint density at radius 2 is 2.07 bits per heavy atom. The highest BCUT2D eigenvalue weighted by Crippen LogP contribution is 2.21. The summed E-state index contributed by atoms with van der Waals surface area (Å²) in [7, 11) is 0. The molecule has 0 bridgehead atoms. The van der Waals surface area contributed by atoms with Crippen LogP contribution in [0.4, 0.5) is 0 Å². The number of rotatable bonds is 3. The Hall–Kier alpha value is -0.790. The molecule has 0 N–H and O–H groups in total. The quantitative estimate of drug-likeness (QED) is 0.722. The van der Waals surface area contributed by atoms with Crippen LogP contribution in [0.1, 0.15) is 12.5 Å². The number of hydrogen-bond donors (Lipinski definition) is 0. The van der Waals surface area contributed by atoms with Gasteiger partial charge in [0.1, 0.15) is 0 Å². The van der Waals surface area contributed by atoms with Gasteiger partial charge in [0.15, 0.2) is 5.78 Å². The molecule has 0 amide bonds. The third-order valence-corrected chi connectivity index (χ3v) is 2.44. The molecule has 0 atom stereocenters. The maximum atomic E-state index is 11.4. The number of benzene rings is 1. The minimum Gasteiger partial charge on any atom is -0.294 e. The molecular formula is C11H10Cl2O. The molecule has 0 aromatic heterocycles. The molecule has 0 saturated carbocycles. The van der Waals surface area contributed by atoms with Gasteiger partial charge in [-0.05, 0) is 36.3 Å². The summed E-state index contributed by atoms with van der Waals surface area (Å²) in [5.74, 6) is -0.0193. The summed E-state index contributed by atoms with van der Waals surface area (Å²) < 4.78 is 0. The lowest BCUT2D eigenvalue weighted by Gasteiger charge is -2.03. The maximum Gasteiger partial charge on any atom is 0.162 e. The van der Waals surface area contributed by atoms with E-state index in [1.54, 1.807) is 25.1 Å². The zero-order valence-electron chi connectivity index (χ0n) is 7.81. The first kappa shape index (κ1) is 11.3. The van der Waals surface area contributed by atoms with E-state index in [1.165, 1.54) is 0 Å². The molecule has 0 fully saturated rings. The molecular weight excluding hydrogens is 219 g/mol. The molecule has 0 radical (unpaired) electrons. The average Bonchev–Trinajstić information content (AvgIpc) is 2.11. The Kier molecular flexibility index (Phi) is 3.73. The molecule has 0 saturated heterocycles. The van der Waals surface area contributed by atoms with Gasteiger partial charge in [0.25, 0.3) is 0 Å². The fraction of sp³-hybridized carbons (Fsp3) is 0.182. The topological polar surface area (TPSA) is 17.1 Å². The minimum atomic E-state index is -0.0193. The van der Waals surface area contributed by atoms with Crippen molar-refractivity contribution in [2.45, 2.75) is 13.3 Å². The van der Waals surface area contributed by atoms with Gasteiger partial charge in [0.05, 0.1) is 0 Å². The molecule has 0 aliphatic heterocycles. The molecule has 1 aromatic carbocycles. The molecule has 0 aliphatic carbocycles. The van der Waals surface area contributed by atoms with E-state index in [0.717, 1.165) is 5.56 Å². The highest BCUT2D eigenvalue weighted by atomic mass is 35.5. The Morgan fingerprint density at radius 3 is 2.64 bits per heavy atom. The summed E-state index contributed by atoms with van der Waals surface area (Å²) in [5, 5.41) is 1.14. The van der Waals surface area contributed by atoms with Crippen molar-refractivity contribution >= 4 is 29.0 Å². The van der Waals surface area contributed by atoms with Crippen molar-refractivity contribution in [1.82, 2.24) is 0 Å². The van der Waals surface area contributed by atoms with Crippen LogP contribution in [0.2, 0.25) is 10.0 Å². The van der Waals surface area contributed by atoms with Crippen molar-refractivity contribution in [2.24, 2.45) is 0 Å². The van der Waals surface area contributed by atoms with Crippen LogP contribution in [0, 0.1) is 0 Å². The Bertz CT molecular complexity index is 383. The Balaban J connectivity index is 2.91. The molecule has 14 heavy (non-hydrogen) atoms. The fourth-order valence-corrected chi connectivity index (χ4v) is 1.38. The second kappa shape index (κ2) is 4.63. The van der Waals surface area contributed by atoms with Gasteiger partial charge < -0.3 is 0 Å². The van der Waals surface area contributed by atoms with Crippen molar-refractivity contribution in [3.8, 4) is 0 Å². The smallest absolute Gasteiger partial charge is 0.162 e. The summed E-state index contributed by atoms with van der Waals surface area (Å²) in [6.45, 7) is 5.26. The van der Waals surface area contributed by atoms with Gasteiger partial charge in [-0.1, -0.05) is 29.8 Å². The van der Waals surface area contributed by atoms with Gasteiger partial charge in [-0.3, -0.25) is 4.79 Å². The molecule has 0 unspecified atom stereocenters. The molecule has 0 heterocycles. The highest BCUT2D eigenvalue weighted by molar-refractivity contribution is 6.33. The second-order valence-electron chi connectivity index (χ2n) is 3.12. The largest absolute Gasteiger partial charge is 0.294 e. The maximum absolute atomic E-state index is 11.4. The van der Waals surface area contributed by atoms with Crippen molar-refractivity contribution in [2.75, 3.05) is 0 Å². The van der Waals surface area contributed by atoms with Crippen molar-refractivity contribution in [3.05, 3.63) is 46.0 Å². The Labute approximate surface area is 93.3 Å². The predicted octanol–water partition coefficient (Wildman–Crippen LogP) is 3.68. The van der Waals surface area contributed by atoms with E-state index in [0.29, 0.717) is 15.6 Å². The van der Waals surface area contributed by atoms with Gasteiger partial charge in [0.2, 0.25) is 0 Å². The molecule has 74 valence electrons. The number of carbonyl (C=O) groups excluding carboxylic acids is 1. The average molecular weight is 229 g/mol. The Morgan fingerprint density at radius 1 is 1.43 bits per heavy atom. The van der Waals surface area contributed by atoms with Gasteiger partial charge in [0, 0.05) is 16.5 Å². The van der Waals surface area contributed by atoms with Crippen LogP contribution in [-0.2, 0) is 11.2 Å². The van der Waals surface area contributed by atoms with Crippen LogP contribution in [-0.4, -0.2) is 5.78 Å². The van der Waals surface area contributed by atoms with Gasteiger partial charge in [-0.2, -0.15) is 0 Å². The summed E-state index contributed by atoms with van der Waals surface area (Å²) >= 11 is 11.7. The van der Waals surface area contributed by atoms with E-state index in [4.69, 9.17) is 23.2 Å². The molecule has 1 aromatic rings. The van der Waals surface area contributed by atoms with Crippen LogP contribution in [0.5, 0.6) is 0 Å². The molecule has 1 rings (SSSR count). The van der Waals surface area contributed by atoms with E-state index in [1.807, 2.05) is 0 Å². The first-order chi connectivity index (χ1) is 6.50. The van der Waals surface area contributed by atoms with Crippen LogP contribution in [0.3, 0.4) is 0 Å². The number of carbonyl (C=O) groups is 1. The fourth-order valence-electron chi connectivity index (χ4n) is 1.00. The SMILES string of the molecule is C=C(C)C(=O)Cc1cc(Cl)ccc1Cl. The predicted molar refractivity (Wildman–Crippen MR) is 60.0 cm³/mol. The van der Waals surface area contributed by atoms with Crippen LogP contribution < -0.4 is 0 Å². The first-order valence-electron chi connectivity index (χ1n) is 4.13. The number of Topliss-reactive ketones (excluding diaryl/α,β-unsaturated/α-hetero) is 1. The standard InChI is InChI=1S/C11H10Cl2O/c1-7(2)11(14)6-8-5-9(12)3-4-10(8)13/h3-5H,1,6H2,2H3. The van der Waals surface area contributed by atoms with Crippen LogP contribution in [0.15, 0.2) is 30.4 Å². The van der Waals surface area contributed by atoms with E-state index < -0.39 is 0 Å². The van der Waals surface area contributed by atoms with Crippen LogP contribution in [0.25, 0.3) is 0 Å². The molecule has 1 nitrogen and oxygen atoms in total. The van der Waals surface area contributed by atoms with Crippen molar-refractivity contribution in [3.63, 3.8) is 0 Å². The lowest BCUT2D eigenvalue weighted by Crippen LogP contribution is -2.03. The van der Waals surface area contributed by atoms with Crippen molar-refractivity contribution < 1.29 is 4.79 Å². The van der Waals surface area contributed by atoms with Gasteiger partial charge in [-0.25, -0.2) is 0 Å². The zero-order valence-corrected chi connectivity index (χ0v) is 9.32.